The molecule has 4 aromatic rings. The summed E-state index contributed by atoms with van der Waals surface area (Å²) in [5.74, 6) is 0.578. The molecule has 0 amide bonds. The van der Waals surface area contributed by atoms with Gasteiger partial charge in [-0.15, -0.1) is 11.3 Å². The minimum absolute atomic E-state index is 0.0473. The first-order valence-corrected chi connectivity index (χ1v) is 11.2. The molecule has 7 heteroatoms. The van der Waals surface area contributed by atoms with E-state index in [4.69, 9.17) is 19.6 Å². The molecule has 0 saturated carbocycles. The highest BCUT2D eigenvalue weighted by Gasteiger charge is 2.12. The van der Waals surface area contributed by atoms with Crippen molar-refractivity contribution in [2.24, 2.45) is 10.1 Å². The standard InChI is InChI=1S/C26H25N3O3S/c1-17(2)14-27-26-29(28-15-18-12-23(31-3)25(30)24(13-18)32-4)22(16-33-26)21-11-7-9-19-8-5-6-10-20(19)21/h5-13,15-16,30H,1,14H2,2-4H3. The minimum Gasteiger partial charge on any atom is -0.502 e. The minimum atomic E-state index is -0.0473. The Bertz CT molecular complexity index is 1390. The summed E-state index contributed by atoms with van der Waals surface area (Å²) in [6, 6.07) is 17.9. The molecule has 1 aromatic heterocycles. The predicted molar refractivity (Wildman–Crippen MR) is 135 cm³/mol. The van der Waals surface area contributed by atoms with Crippen LogP contribution in [0.25, 0.3) is 22.0 Å². The van der Waals surface area contributed by atoms with Crippen molar-refractivity contribution in [2.45, 2.75) is 6.92 Å². The molecule has 6 nitrogen and oxygen atoms in total. The van der Waals surface area contributed by atoms with Gasteiger partial charge in [0, 0.05) is 16.5 Å². The van der Waals surface area contributed by atoms with Crippen LogP contribution in [0.5, 0.6) is 17.2 Å². The molecule has 0 fully saturated rings. The Morgan fingerprint density at radius 2 is 1.79 bits per heavy atom. The van der Waals surface area contributed by atoms with Crippen molar-refractivity contribution in [1.29, 1.82) is 0 Å². The topological polar surface area (TPSA) is 68.3 Å². The van der Waals surface area contributed by atoms with Crippen molar-refractivity contribution in [3.63, 3.8) is 0 Å². The normalized spacial score (nSPS) is 11.9. The van der Waals surface area contributed by atoms with E-state index in [2.05, 4.69) is 36.2 Å². The van der Waals surface area contributed by atoms with Gasteiger partial charge < -0.3 is 14.6 Å². The quantitative estimate of drug-likeness (QED) is 0.295. The second-order valence-electron chi connectivity index (χ2n) is 7.53. The van der Waals surface area contributed by atoms with Crippen molar-refractivity contribution >= 4 is 28.3 Å². The average molecular weight is 460 g/mol. The van der Waals surface area contributed by atoms with Crippen LogP contribution < -0.4 is 14.3 Å². The van der Waals surface area contributed by atoms with Crippen LogP contribution in [0.2, 0.25) is 0 Å². The van der Waals surface area contributed by atoms with E-state index in [0.717, 1.165) is 38.0 Å². The van der Waals surface area contributed by atoms with Gasteiger partial charge in [-0.05, 0) is 29.8 Å². The van der Waals surface area contributed by atoms with Crippen LogP contribution in [0.3, 0.4) is 0 Å². The number of hydrogen-bond donors (Lipinski definition) is 1. The zero-order valence-electron chi connectivity index (χ0n) is 18.8. The molecule has 0 spiro atoms. The average Bonchev–Trinajstić information content (AvgIpc) is 3.24. The zero-order chi connectivity index (χ0) is 23.4. The van der Waals surface area contributed by atoms with Gasteiger partial charge in [-0.25, -0.2) is 4.68 Å². The highest BCUT2D eigenvalue weighted by atomic mass is 32.1. The molecular formula is C26H25N3O3S. The van der Waals surface area contributed by atoms with Crippen molar-refractivity contribution in [2.75, 3.05) is 20.8 Å². The van der Waals surface area contributed by atoms with Crippen LogP contribution in [0.15, 0.2) is 82.2 Å². The van der Waals surface area contributed by atoms with Crippen molar-refractivity contribution < 1.29 is 14.6 Å². The summed E-state index contributed by atoms with van der Waals surface area (Å²) in [4.78, 5) is 5.46. The maximum Gasteiger partial charge on any atom is 0.206 e. The van der Waals surface area contributed by atoms with E-state index in [1.54, 1.807) is 18.3 Å². The lowest BCUT2D eigenvalue weighted by Gasteiger charge is -2.10. The monoisotopic (exact) mass is 459 g/mol. The summed E-state index contributed by atoms with van der Waals surface area (Å²) in [6.07, 6.45) is 1.70. The van der Waals surface area contributed by atoms with Gasteiger partial charge in [0.15, 0.2) is 11.5 Å². The smallest absolute Gasteiger partial charge is 0.206 e. The summed E-state index contributed by atoms with van der Waals surface area (Å²) in [5, 5.41) is 19.3. The van der Waals surface area contributed by atoms with Crippen molar-refractivity contribution in [3.8, 4) is 28.5 Å². The van der Waals surface area contributed by atoms with E-state index in [-0.39, 0.29) is 5.75 Å². The highest BCUT2D eigenvalue weighted by molar-refractivity contribution is 7.07. The molecule has 1 heterocycles. The van der Waals surface area contributed by atoms with Crippen LogP contribution in [0, 0.1) is 0 Å². The first-order valence-electron chi connectivity index (χ1n) is 10.3. The number of phenolic OH excluding ortho intramolecular Hbond substituents is 1. The molecule has 0 bridgehead atoms. The molecule has 0 aliphatic carbocycles. The number of aromatic hydroxyl groups is 1. The van der Waals surface area contributed by atoms with Gasteiger partial charge in [0.05, 0.1) is 32.7 Å². The predicted octanol–water partition coefficient (Wildman–Crippen LogP) is 5.45. The molecule has 168 valence electrons. The van der Waals surface area contributed by atoms with E-state index in [0.29, 0.717) is 18.0 Å². The maximum atomic E-state index is 10.2. The largest absolute Gasteiger partial charge is 0.502 e. The third-order valence-corrected chi connectivity index (χ3v) is 5.91. The van der Waals surface area contributed by atoms with Gasteiger partial charge in [-0.3, -0.25) is 4.99 Å². The Kier molecular flexibility index (Phi) is 6.60. The Morgan fingerprint density at radius 3 is 2.48 bits per heavy atom. The van der Waals surface area contributed by atoms with Gasteiger partial charge in [0.2, 0.25) is 10.6 Å². The SMILES string of the molecule is C=C(C)CN=c1scc(-c2cccc3ccccc23)n1N=Cc1cc(OC)c(O)c(OC)c1. The van der Waals surface area contributed by atoms with E-state index in [9.17, 15) is 5.11 Å². The summed E-state index contributed by atoms with van der Waals surface area (Å²) in [6.45, 7) is 6.43. The number of fused-ring (bicyclic) bond motifs is 1. The number of nitrogens with zero attached hydrogens (tertiary/aromatic N) is 3. The van der Waals surface area contributed by atoms with E-state index >= 15 is 0 Å². The van der Waals surface area contributed by atoms with E-state index < -0.39 is 0 Å². The molecular weight excluding hydrogens is 434 g/mol. The Labute approximate surface area is 196 Å². The molecule has 3 aromatic carbocycles. The van der Waals surface area contributed by atoms with Gasteiger partial charge in [-0.2, -0.15) is 5.10 Å². The second-order valence-corrected chi connectivity index (χ2v) is 8.37. The fourth-order valence-corrected chi connectivity index (χ4v) is 4.30. The number of benzene rings is 3. The van der Waals surface area contributed by atoms with Gasteiger partial charge in [0.25, 0.3) is 0 Å². The van der Waals surface area contributed by atoms with Gasteiger partial charge in [0.1, 0.15) is 0 Å². The maximum absolute atomic E-state index is 10.2. The number of hydrogen-bond acceptors (Lipinski definition) is 6. The zero-order valence-corrected chi connectivity index (χ0v) is 19.6. The Balaban J connectivity index is 1.87. The summed E-state index contributed by atoms with van der Waals surface area (Å²) < 4.78 is 12.4. The van der Waals surface area contributed by atoms with Crippen LogP contribution in [-0.4, -0.2) is 36.8 Å². The lowest BCUT2D eigenvalue weighted by atomic mass is 10.0. The van der Waals surface area contributed by atoms with Gasteiger partial charge >= 0.3 is 0 Å². The fraction of sp³-hybridized carbons (Fsp3) is 0.154. The summed E-state index contributed by atoms with van der Waals surface area (Å²) >= 11 is 1.53. The first kappa shape index (κ1) is 22.4. The van der Waals surface area contributed by atoms with Crippen LogP contribution >= 0.6 is 11.3 Å². The number of ether oxygens (including phenoxy) is 2. The third-order valence-electron chi connectivity index (χ3n) is 5.06. The Hall–Kier alpha value is -3.84. The third kappa shape index (κ3) is 4.68. The lowest BCUT2D eigenvalue weighted by molar-refractivity contribution is 0.340. The molecule has 33 heavy (non-hydrogen) atoms. The molecule has 1 N–H and O–H groups in total. The number of aromatic nitrogens is 1. The van der Waals surface area contributed by atoms with Gasteiger partial charge in [-0.1, -0.05) is 54.6 Å². The molecule has 0 saturated heterocycles. The number of methoxy groups -OCH3 is 2. The molecule has 0 aliphatic heterocycles. The molecule has 0 radical (unpaired) electrons. The Morgan fingerprint density at radius 1 is 1.09 bits per heavy atom. The van der Waals surface area contributed by atoms with Crippen molar-refractivity contribution in [3.05, 3.63) is 82.5 Å². The number of thiazole rings is 1. The molecule has 0 atom stereocenters. The van der Waals surface area contributed by atoms with Crippen LogP contribution in [0.1, 0.15) is 12.5 Å². The van der Waals surface area contributed by atoms with E-state index in [1.165, 1.54) is 25.6 Å². The molecule has 4 rings (SSSR count). The first-order chi connectivity index (χ1) is 16.0. The number of phenols is 1. The molecule has 0 unspecified atom stereocenters. The second kappa shape index (κ2) is 9.75. The number of rotatable bonds is 7. The summed E-state index contributed by atoms with van der Waals surface area (Å²) in [7, 11) is 2.99. The van der Waals surface area contributed by atoms with E-state index in [1.807, 2.05) is 29.8 Å². The lowest BCUT2D eigenvalue weighted by Crippen LogP contribution is -2.13. The fourth-order valence-electron chi connectivity index (χ4n) is 3.47. The highest BCUT2D eigenvalue weighted by Crippen LogP contribution is 2.36. The summed E-state index contributed by atoms with van der Waals surface area (Å²) in [5.41, 5.74) is 3.69. The van der Waals surface area contributed by atoms with Crippen LogP contribution in [0.4, 0.5) is 0 Å². The van der Waals surface area contributed by atoms with Crippen molar-refractivity contribution in [1.82, 2.24) is 4.68 Å². The van der Waals surface area contributed by atoms with Crippen LogP contribution in [-0.2, 0) is 0 Å². The molecule has 0 aliphatic rings.